The predicted octanol–water partition coefficient (Wildman–Crippen LogP) is 1.70. The third kappa shape index (κ3) is 4.51. The molecule has 7 heteroatoms. The number of benzene rings is 2. The molecule has 2 aromatic carbocycles. The van der Waals surface area contributed by atoms with Crippen molar-refractivity contribution in [3.8, 4) is 0 Å². The number of nitrogens with zero attached hydrogens (tertiary/aromatic N) is 1. The quantitative estimate of drug-likeness (QED) is 0.526. The van der Waals surface area contributed by atoms with Gasteiger partial charge in [-0.2, -0.15) is 0 Å². The second-order valence-corrected chi connectivity index (χ2v) is 9.12. The molecule has 0 radical (unpaired) electrons. The molecule has 4 N–H and O–H groups in total. The number of allylic oxidation sites excluding steroid dienone is 2. The zero-order valence-electron chi connectivity index (χ0n) is 18.7. The zero-order chi connectivity index (χ0) is 23.8. The Hall–Kier alpha value is -2.81. The molecular formula is C26H30NO6+. The first-order valence-electron chi connectivity index (χ1n) is 11.0. The number of hydrogen-bond donors (Lipinski definition) is 4. The van der Waals surface area contributed by atoms with Gasteiger partial charge in [-0.25, -0.2) is 4.79 Å². The highest BCUT2D eigenvalue weighted by Gasteiger charge is 2.52. The van der Waals surface area contributed by atoms with Crippen molar-refractivity contribution in [3.05, 3.63) is 89.1 Å². The molecule has 2 aliphatic rings. The Balaban J connectivity index is 1.68. The van der Waals surface area contributed by atoms with Crippen molar-refractivity contribution in [2.75, 3.05) is 14.1 Å². The monoisotopic (exact) mass is 452 g/mol. The number of rotatable bonds is 4. The Morgan fingerprint density at radius 2 is 1.45 bits per heavy atom. The van der Waals surface area contributed by atoms with Crippen molar-refractivity contribution >= 4 is 11.5 Å². The fourth-order valence-electron chi connectivity index (χ4n) is 4.66. The molecule has 1 aliphatic carbocycles. The van der Waals surface area contributed by atoms with Crippen LogP contribution in [0.4, 0.5) is 0 Å². The van der Waals surface area contributed by atoms with Crippen molar-refractivity contribution in [1.82, 2.24) is 0 Å². The largest absolute Gasteiger partial charge is 0.479 e. The summed E-state index contributed by atoms with van der Waals surface area (Å²) in [5, 5.41) is 40.0. The summed E-state index contributed by atoms with van der Waals surface area (Å²) in [7, 11) is 3.47. The number of aryl methyl sites for hydroxylation is 2. The van der Waals surface area contributed by atoms with Crippen molar-refractivity contribution in [1.29, 1.82) is 0 Å². The fraction of sp³-hybridized carbons (Fsp3) is 0.346. The molecule has 0 saturated carbocycles. The minimum Gasteiger partial charge on any atom is -0.479 e. The molecule has 1 aliphatic heterocycles. The van der Waals surface area contributed by atoms with Crippen molar-refractivity contribution in [3.63, 3.8) is 0 Å². The first kappa shape index (κ1) is 23.4. The van der Waals surface area contributed by atoms with E-state index in [1.807, 2.05) is 36.4 Å². The number of aliphatic carboxylic acids is 1. The van der Waals surface area contributed by atoms with Crippen LogP contribution in [0.15, 0.2) is 66.9 Å². The van der Waals surface area contributed by atoms with Gasteiger partial charge in [0, 0.05) is 0 Å². The average molecular weight is 453 g/mol. The van der Waals surface area contributed by atoms with Crippen molar-refractivity contribution in [2.24, 2.45) is 0 Å². The maximum atomic E-state index is 11.5. The van der Waals surface area contributed by atoms with Gasteiger partial charge in [0.2, 0.25) is 6.23 Å². The third-order valence-corrected chi connectivity index (χ3v) is 6.50. The number of hydrogen-bond acceptors (Lipinski definition) is 5. The molecule has 0 unspecified atom stereocenters. The third-order valence-electron chi connectivity index (χ3n) is 6.50. The summed E-state index contributed by atoms with van der Waals surface area (Å²) >= 11 is 0. The summed E-state index contributed by atoms with van der Waals surface area (Å²) in [4.78, 5) is 11.5. The highest BCUT2D eigenvalue weighted by molar-refractivity contribution is 5.84. The van der Waals surface area contributed by atoms with Gasteiger partial charge in [-0.15, -0.1) is 0 Å². The van der Waals surface area contributed by atoms with Gasteiger partial charge in [-0.3, -0.25) is 4.48 Å². The minimum absolute atomic E-state index is 0.0538. The van der Waals surface area contributed by atoms with E-state index >= 15 is 0 Å². The summed E-state index contributed by atoms with van der Waals surface area (Å²) in [5.74, 6) is -1.39. The van der Waals surface area contributed by atoms with Crippen LogP contribution < -0.4 is 0 Å². The van der Waals surface area contributed by atoms with Crippen LogP contribution in [0.25, 0.3) is 5.57 Å². The Labute approximate surface area is 193 Å². The predicted molar refractivity (Wildman–Crippen MR) is 123 cm³/mol. The number of carboxylic acid groups (broad SMARTS) is 1. The second kappa shape index (κ2) is 9.21. The number of ether oxygens (including phenoxy) is 1. The van der Waals surface area contributed by atoms with Crippen LogP contribution in [0.5, 0.6) is 0 Å². The maximum Gasteiger partial charge on any atom is 0.335 e. The number of likely N-dealkylation sites (N-methyl/N-ethyl adjacent to an activating group) is 1. The number of carbonyl (C=O) groups is 1. The van der Waals surface area contributed by atoms with Crippen LogP contribution in [-0.2, 0) is 22.4 Å². The summed E-state index contributed by atoms with van der Waals surface area (Å²) in [5.41, 5.74) is 5.95. The molecule has 5 atom stereocenters. The number of quaternary nitrogens is 1. The van der Waals surface area contributed by atoms with Crippen LogP contribution in [0, 0.1) is 0 Å². The van der Waals surface area contributed by atoms with Gasteiger partial charge in [0.15, 0.2) is 12.2 Å². The summed E-state index contributed by atoms with van der Waals surface area (Å²) < 4.78 is 5.47. The smallest absolute Gasteiger partial charge is 0.335 e. The lowest BCUT2D eigenvalue weighted by Crippen LogP contribution is -2.66. The molecule has 4 rings (SSSR count). The molecule has 0 aromatic heterocycles. The van der Waals surface area contributed by atoms with E-state index in [1.54, 1.807) is 20.3 Å². The van der Waals surface area contributed by atoms with Crippen molar-refractivity contribution in [2.45, 2.75) is 43.5 Å². The Kier molecular flexibility index (Phi) is 6.52. The normalized spacial score (nSPS) is 27.5. The highest BCUT2D eigenvalue weighted by atomic mass is 16.6. The Morgan fingerprint density at radius 3 is 2.00 bits per heavy atom. The molecular weight excluding hydrogens is 422 g/mol. The van der Waals surface area contributed by atoms with Gasteiger partial charge >= 0.3 is 5.97 Å². The SMILES string of the molecule is C[N+](C)(/C=C/C=C1c2ccccc2CCc2ccccc21)[C@@H]1O[C@H](C(=O)O)[C@@H](O)[C@H](O)[C@H]1O. The number of aliphatic hydroxyl groups is 3. The van der Waals surface area contributed by atoms with Crippen LogP contribution in [0.2, 0.25) is 0 Å². The minimum atomic E-state index is -1.71. The molecule has 2 aromatic rings. The van der Waals surface area contributed by atoms with E-state index in [0.717, 1.165) is 29.5 Å². The van der Waals surface area contributed by atoms with E-state index in [4.69, 9.17) is 4.74 Å². The Morgan fingerprint density at radius 1 is 0.909 bits per heavy atom. The van der Waals surface area contributed by atoms with Crippen LogP contribution >= 0.6 is 0 Å². The van der Waals surface area contributed by atoms with E-state index in [0.29, 0.717) is 0 Å². The molecule has 1 heterocycles. The number of carboxylic acids is 1. The average Bonchev–Trinajstić information content (AvgIpc) is 2.94. The van der Waals surface area contributed by atoms with Gasteiger partial charge < -0.3 is 25.2 Å². The summed E-state index contributed by atoms with van der Waals surface area (Å²) in [6.07, 6.45) is 0.0565. The molecule has 1 saturated heterocycles. The first-order chi connectivity index (χ1) is 15.7. The van der Waals surface area contributed by atoms with Gasteiger partial charge in [0.25, 0.3) is 0 Å². The lowest BCUT2D eigenvalue weighted by atomic mass is 9.94. The fourth-order valence-corrected chi connectivity index (χ4v) is 4.66. The molecule has 0 amide bonds. The van der Waals surface area contributed by atoms with E-state index in [1.165, 1.54) is 11.1 Å². The molecule has 33 heavy (non-hydrogen) atoms. The first-order valence-corrected chi connectivity index (χ1v) is 11.0. The number of aliphatic hydroxyl groups excluding tert-OH is 3. The van der Waals surface area contributed by atoms with Crippen molar-refractivity contribution < 1.29 is 34.4 Å². The van der Waals surface area contributed by atoms with E-state index in [-0.39, 0.29) is 4.48 Å². The highest BCUT2D eigenvalue weighted by Crippen LogP contribution is 2.34. The number of fused-ring (bicyclic) bond motifs is 2. The lowest BCUT2D eigenvalue weighted by molar-refractivity contribution is -0.899. The maximum absolute atomic E-state index is 11.5. The lowest BCUT2D eigenvalue weighted by Gasteiger charge is -2.44. The standard InChI is InChI=1S/C26H29NO6/c1-27(2,25-23(30)21(28)22(29)24(33-25)26(31)32)15-7-12-20-18-10-5-3-8-16(18)13-14-17-9-4-6-11-19(17)20/h3-12,15,21-25,28-30H,13-14H2,1-2H3/p+1/b15-7+/t21-,22-,23+,24-,25+/m0/s1. The second-order valence-electron chi connectivity index (χ2n) is 9.12. The van der Waals surface area contributed by atoms with Crippen LogP contribution in [0.1, 0.15) is 22.3 Å². The van der Waals surface area contributed by atoms with Gasteiger partial charge in [0.05, 0.1) is 20.3 Å². The van der Waals surface area contributed by atoms with Gasteiger partial charge in [-0.05, 0) is 52.8 Å². The molecule has 0 bridgehead atoms. The van der Waals surface area contributed by atoms with Crippen LogP contribution in [0.3, 0.4) is 0 Å². The molecule has 174 valence electrons. The topological polar surface area (TPSA) is 107 Å². The molecule has 0 spiro atoms. The summed E-state index contributed by atoms with van der Waals surface area (Å²) in [6, 6.07) is 16.6. The molecule has 1 fully saturated rings. The van der Waals surface area contributed by atoms with E-state index in [9.17, 15) is 25.2 Å². The Bertz CT molecular complexity index is 1040. The summed E-state index contributed by atoms with van der Waals surface area (Å²) in [6.45, 7) is 0. The van der Waals surface area contributed by atoms with E-state index in [2.05, 4.69) is 24.3 Å². The van der Waals surface area contributed by atoms with Gasteiger partial charge in [0.1, 0.15) is 12.2 Å². The molecule has 7 nitrogen and oxygen atoms in total. The zero-order valence-corrected chi connectivity index (χ0v) is 18.7. The van der Waals surface area contributed by atoms with E-state index < -0.39 is 36.6 Å². The van der Waals surface area contributed by atoms with Gasteiger partial charge in [-0.1, -0.05) is 48.5 Å². The van der Waals surface area contributed by atoms with Crippen LogP contribution in [-0.4, -0.2) is 75.6 Å².